The van der Waals surface area contributed by atoms with Crippen LogP contribution in [-0.2, 0) is 6.42 Å². The second kappa shape index (κ2) is 3.46. The first-order valence-corrected chi connectivity index (χ1v) is 5.35. The fourth-order valence-corrected chi connectivity index (χ4v) is 1.77. The van der Waals surface area contributed by atoms with Gasteiger partial charge in [-0.05, 0) is 19.8 Å². The third kappa shape index (κ3) is 2.52. The van der Waals surface area contributed by atoms with Crippen molar-refractivity contribution in [2.24, 2.45) is 10.7 Å². The van der Waals surface area contributed by atoms with Crippen molar-refractivity contribution in [2.45, 2.75) is 32.2 Å². The van der Waals surface area contributed by atoms with Crippen LogP contribution < -0.4 is 5.73 Å². The summed E-state index contributed by atoms with van der Waals surface area (Å²) in [4.78, 5) is 8.69. The van der Waals surface area contributed by atoms with Crippen LogP contribution in [0.3, 0.4) is 0 Å². The molecule has 1 heterocycles. The molecule has 3 nitrogen and oxygen atoms in total. The van der Waals surface area contributed by atoms with Crippen molar-refractivity contribution in [1.29, 1.82) is 0 Å². The number of nitrogens with zero attached hydrogens (tertiary/aromatic N) is 2. The monoisotopic (exact) mass is 195 g/mol. The molecule has 0 aromatic carbocycles. The number of aryl methyl sites for hydroxylation is 1. The smallest absolute Gasteiger partial charge is 0.100 e. The quantitative estimate of drug-likeness (QED) is 0.587. The van der Waals surface area contributed by atoms with Crippen LogP contribution in [0.25, 0.3) is 0 Å². The van der Waals surface area contributed by atoms with E-state index in [1.807, 2.05) is 12.3 Å². The second-order valence-electron chi connectivity index (χ2n) is 3.39. The average molecular weight is 195 g/mol. The predicted molar refractivity (Wildman–Crippen MR) is 55.2 cm³/mol. The SMILES string of the molecule is Cc1nc(CC(N)=NC2CC2)cs1. The molecule has 0 unspecified atom stereocenters. The Kier molecular flexibility index (Phi) is 2.31. The standard InChI is InChI=1S/C9H13N3S/c1-6-11-8(5-13-6)4-9(10)12-7-2-3-7/h5,7H,2-4H2,1H3,(H2,10,12). The summed E-state index contributed by atoms with van der Waals surface area (Å²) in [6.45, 7) is 2.00. The molecular weight excluding hydrogens is 182 g/mol. The fraction of sp³-hybridized carbons (Fsp3) is 0.556. The Morgan fingerprint density at radius 3 is 3.08 bits per heavy atom. The molecule has 4 heteroatoms. The number of thiazole rings is 1. The summed E-state index contributed by atoms with van der Waals surface area (Å²) >= 11 is 1.66. The van der Waals surface area contributed by atoms with Gasteiger partial charge < -0.3 is 5.73 Å². The lowest BCUT2D eigenvalue weighted by Crippen LogP contribution is -2.16. The van der Waals surface area contributed by atoms with Gasteiger partial charge in [-0.2, -0.15) is 0 Å². The molecule has 0 aliphatic heterocycles. The van der Waals surface area contributed by atoms with Gasteiger partial charge in [-0.1, -0.05) is 0 Å². The highest BCUT2D eigenvalue weighted by Gasteiger charge is 2.20. The van der Waals surface area contributed by atoms with Gasteiger partial charge in [0.15, 0.2) is 0 Å². The highest BCUT2D eigenvalue weighted by molar-refractivity contribution is 7.09. The molecule has 1 fully saturated rings. The Labute approximate surface area is 81.7 Å². The molecule has 2 rings (SSSR count). The van der Waals surface area contributed by atoms with Crippen molar-refractivity contribution >= 4 is 17.2 Å². The molecule has 1 saturated carbocycles. The maximum atomic E-state index is 5.77. The van der Waals surface area contributed by atoms with E-state index in [2.05, 4.69) is 9.98 Å². The Morgan fingerprint density at radius 1 is 1.77 bits per heavy atom. The number of hydrogen-bond acceptors (Lipinski definition) is 3. The first-order valence-electron chi connectivity index (χ1n) is 4.47. The van der Waals surface area contributed by atoms with Gasteiger partial charge in [-0.15, -0.1) is 11.3 Å². The zero-order valence-electron chi connectivity index (χ0n) is 7.66. The second-order valence-corrected chi connectivity index (χ2v) is 4.45. The number of hydrogen-bond donors (Lipinski definition) is 1. The summed E-state index contributed by atoms with van der Waals surface area (Å²) < 4.78 is 0. The number of aromatic nitrogens is 1. The van der Waals surface area contributed by atoms with Crippen LogP contribution in [0.2, 0.25) is 0 Å². The third-order valence-corrected chi connectivity index (χ3v) is 2.75. The molecule has 0 amide bonds. The van der Waals surface area contributed by atoms with Crippen LogP contribution in [0.5, 0.6) is 0 Å². The number of amidine groups is 1. The summed E-state index contributed by atoms with van der Waals surface area (Å²) in [7, 11) is 0. The Morgan fingerprint density at radius 2 is 2.54 bits per heavy atom. The molecule has 13 heavy (non-hydrogen) atoms. The van der Waals surface area contributed by atoms with E-state index in [1.165, 1.54) is 12.8 Å². The fourth-order valence-electron chi connectivity index (χ4n) is 1.16. The van der Waals surface area contributed by atoms with Gasteiger partial charge in [0.2, 0.25) is 0 Å². The van der Waals surface area contributed by atoms with Gasteiger partial charge in [-0.3, -0.25) is 4.99 Å². The molecular formula is C9H13N3S. The minimum absolute atomic E-state index is 0.514. The Hall–Kier alpha value is -0.900. The third-order valence-electron chi connectivity index (χ3n) is 1.92. The van der Waals surface area contributed by atoms with Crippen LogP contribution in [0.15, 0.2) is 10.4 Å². The van der Waals surface area contributed by atoms with Gasteiger partial charge in [-0.25, -0.2) is 4.98 Å². The lowest BCUT2D eigenvalue weighted by Gasteiger charge is -1.95. The van der Waals surface area contributed by atoms with Crippen molar-refractivity contribution in [3.63, 3.8) is 0 Å². The summed E-state index contributed by atoms with van der Waals surface area (Å²) in [5.74, 6) is 0.729. The minimum Gasteiger partial charge on any atom is -0.387 e. The molecule has 0 atom stereocenters. The predicted octanol–water partition coefficient (Wildman–Crippen LogP) is 1.51. The van der Waals surface area contributed by atoms with Crippen LogP contribution in [0.1, 0.15) is 23.5 Å². The van der Waals surface area contributed by atoms with Crippen molar-refractivity contribution in [1.82, 2.24) is 4.98 Å². The van der Waals surface area contributed by atoms with Crippen molar-refractivity contribution in [3.8, 4) is 0 Å². The Bertz CT molecular complexity index is 325. The molecule has 0 saturated heterocycles. The zero-order valence-corrected chi connectivity index (χ0v) is 8.47. The van der Waals surface area contributed by atoms with E-state index in [1.54, 1.807) is 11.3 Å². The first-order chi connectivity index (χ1) is 6.24. The normalized spacial score (nSPS) is 17.8. The van der Waals surface area contributed by atoms with E-state index in [0.717, 1.165) is 16.5 Å². The highest BCUT2D eigenvalue weighted by Crippen LogP contribution is 2.23. The van der Waals surface area contributed by atoms with E-state index >= 15 is 0 Å². The number of aliphatic imine (C=N–C) groups is 1. The Balaban J connectivity index is 1.96. The molecule has 0 spiro atoms. The van der Waals surface area contributed by atoms with Crippen LogP contribution >= 0.6 is 11.3 Å². The van der Waals surface area contributed by atoms with Crippen LogP contribution in [-0.4, -0.2) is 16.9 Å². The van der Waals surface area contributed by atoms with E-state index in [0.29, 0.717) is 12.5 Å². The van der Waals surface area contributed by atoms with Crippen LogP contribution in [0, 0.1) is 6.92 Å². The molecule has 70 valence electrons. The maximum absolute atomic E-state index is 5.77. The topological polar surface area (TPSA) is 51.3 Å². The highest BCUT2D eigenvalue weighted by atomic mass is 32.1. The van der Waals surface area contributed by atoms with E-state index < -0.39 is 0 Å². The minimum atomic E-state index is 0.514. The van der Waals surface area contributed by atoms with Crippen molar-refractivity contribution in [3.05, 3.63) is 16.1 Å². The van der Waals surface area contributed by atoms with Crippen molar-refractivity contribution < 1.29 is 0 Å². The largest absolute Gasteiger partial charge is 0.387 e. The molecule has 0 radical (unpaired) electrons. The average Bonchev–Trinajstić information content (AvgIpc) is 2.76. The number of nitrogens with two attached hydrogens (primary N) is 1. The molecule has 1 aromatic heterocycles. The van der Waals surface area contributed by atoms with Gasteiger partial charge in [0, 0.05) is 11.8 Å². The zero-order chi connectivity index (χ0) is 9.26. The first kappa shape index (κ1) is 8.69. The van der Waals surface area contributed by atoms with E-state index in [9.17, 15) is 0 Å². The van der Waals surface area contributed by atoms with Gasteiger partial charge in [0.25, 0.3) is 0 Å². The van der Waals surface area contributed by atoms with E-state index in [4.69, 9.17) is 5.73 Å². The molecule has 1 aliphatic carbocycles. The van der Waals surface area contributed by atoms with Crippen LogP contribution in [0.4, 0.5) is 0 Å². The van der Waals surface area contributed by atoms with Gasteiger partial charge >= 0.3 is 0 Å². The summed E-state index contributed by atoms with van der Waals surface area (Å²) in [6.07, 6.45) is 3.12. The molecule has 1 aliphatic rings. The van der Waals surface area contributed by atoms with Gasteiger partial charge in [0.1, 0.15) is 5.84 Å². The van der Waals surface area contributed by atoms with E-state index in [-0.39, 0.29) is 0 Å². The lowest BCUT2D eigenvalue weighted by molar-refractivity contribution is 1.03. The maximum Gasteiger partial charge on any atom is 0.100 e. The molecule has 1 aromatic rings. The number of rotatable bonds is 3. The lowest BCUT2D eigenvalue weighted by atomic mass is 10.3. The summed E-state index contributed by atoms with van der Waals surface area (Å²) in [5, 5.41) is 3.14. The van der Waals surface area contributed by atoms with Gasteiger partial charge in [0.05, 0.1) is 16.7 Å². The van der Waals surface area contributed by atoms with Crippen molar-refractivity contribution in [2.75, 3.05) is 0 Å². The molecule has 0 bridgehead atoms. The molecule has 2 N–H and O–H groups in total. The summed E-state index contributed by atoms with van der Waals surface area (Å²) in [5.41, 5.74) is 6.82. The summed E-state index contributed by atoms with van der Waals surface area (Å²) in [6, 6.07) is 0.514.